The summed E-state index contributed by atoms with van der Waals surface area (Å²) in [5.74, 6) is -0.413. The van der Waals surface area contributed by atoms with Gasteiger partial charge in [0.1, 0.15) is 0 Å². The van der Waals surface area contributed by atoms with Crippen LogP contribution in [0.3, 0.4) is 0 Å². The first-order chi connectivity index (χ1) is 7.65. The Balaban J connectivity index is 2.45. The molecular weight excluding hydrogens is 200 g/mol. The van der Waals surface area contributed by atoms with E-state index in [-0.39, 0.29) is 0 Å². The van der Waals surface area contributed by atoms with Gasteiger partial charge in [-0.15, -0.1) is 0 Å². The zero-order chi connectivity index (χ0) is 12.0. The number of rotatable bonds is 6. The summed E-state index contributed by atoms with van der Waals surface area (Å²) in [5, 5.41) is 0. The van der Waals surface area contributed by atoms with Crippen LogP contribution < -0.4 is 11.5 Å². The predicted octanol–water partition coefficient (Wildman–Crippen LogP) is 1.38. The lowest BCUT2D eigenvalue weighted by molar-refractivity contribution is -0.119. The Hall–Kier alpha value is -1.35. The Morgan fingerprint density at radius 2 is 1.94 bits per heavy atom. The molecule has 1 rings (SSSR count). The molecule has 0 heterocycles. The minimum atomic E-state index is -0.506. The number of amides is 1. The Morgan fingerprint density at radius 1 is 1.31 bits per heavy atom. The summed E-state index contributed by atoms with van der Waals surface area (Å²) in [7, 11) is 0. The highest BCUT2D eigenvalue weighted by Crippen LogP contribution is 2.13. The Labute approximate surface area is 96.8 Å². The number of benzene rings is 1. The highest BCUT2D eigenvalue weighted by atomic mass is 16.1. The first kappa shape index (κ1) is 12.7. The summed E-state index contributed by atoms with van der Waals surface area (Å²) >= 11 is 0. The number of carbonyl (C=O) groups excluding carboxylic acids is 1. The van der Waals surface area contributed by atoms with Crippen molar-refractivity contribution in [2.45, 2.75) is 38.6 Å². The highest BCUT2D eigenvalue weighted by Gasteiger charge is 2.08. The first-order valence-electron chi connectivity index (χ1n) is 5.76. The van der Waals surface area contributed by atoms with E-state index < -0.39 is 11.9 Å². The van der Waals surface area contributed by atoms with Crippen molar-refractivity contribution in [3.05, 3.63) is 35.4 Å². The molecule has 16 heavy (non-hydrogen) atoms. The molecule has 0 saturated heterocycles. The molecule has 0 fully saturated rings. The van der Waals surface area contributed by atoms with Gasteiger partial charge in [0.2, 0.25) is 5.91 Å². The van der Waals surface area contributed by atoms with Gasteiger partial charge in [-0.2, -0.15) is 0 Å². The molecule has 0 unspecified atom stereocenters. The number of hydrogen-bond acceptors (Lipinski definition) is 2. The molecule has 0 aliphatic rings. The van der Waals surface area contributed by atoms with E-state index in [1.54, 1.807) is 0 Å². The van der Waals surface area contributed by atoms with Gasteiger partial charge in [-0.25, -0.2) is 0 Å². The van der Waals surface area contributed by atoms with Crippen LogP contribution in [0.5, 0.6) is 0 Å². The van der Waals surface area contributed by atoms with Crippen molar-refractivity contribution in [1.29, 1.82) is 0 Å². The molecule has 4 N–H and O–H groups in total. The lowest BCUT2D eigenvalue weighted by Crippen LogP contribution is -2.36. The second-order valence-electron chi connectivity index (χ2n) is 4.02. The molecule has 0 aliphatic heterocycles. The smallest absolute Gasteiger partial charge is 0.234 e. The maximum absolute atomic E-state index is 10.8. The molecule has 0 bridgehead atoms. The molecular formula is C13H20N2O. The maximum Gasteiger partial charge on any atom is 0.234 e. The fourth-order valence-electron chi connectivity index (χ4n) is 1.80. The summed E-state index contributed by atoms with van der Waals surface area (Å²) in [4.78, 5) is 10.8. The number of carbonyl (C=O) groups is 1. The zero-order valence-corrected chi connectivity index (χ0v) is 9.78. The molecule has 1 aromatic rings. The topological polar surface area (TPSA) is 69.1 Å². The second-order valence-corrected chi connectivity index (χ2v) is 4.02. The molecule has 1 atom stereocenters. The normalized spacial score (nSPS) is 12.4. The number of primary amides is 1. The van der Waals surface area contributed by atoms with E-state index in [9.17, 15) is 4.79 Å². The van der Waals surface area contributed by atoms with Crippen molar-refractivity contribution in [1.82, 2.24) is 0 Å². The van der Waals surface area contributed by atoms with Crippen LogP contribution >= 0.6 is 0 Å². The van der Waals surface area contributed by atoms with Crippen LogP contribution in [0.4, 0.5) is 0 Å². The van der Waals surface area contributed by atoms with Gasteiger partial charge in [0.15, 0.2) is 0 Å². The average Bonchev–Trinajstić information content (AvgIpc) is 2.29. The third kappa shape index (κ3) is 3.66. The lowest BCUT2D eigenvalue weighted by atomic mass is 9.99. The predicted molar refractivity (Wildman–Crippen MR) is 65.9 cm³/mol. The molecule has 88 valence electrons. The van der Waals surface area contributed by atoms with Gasteiger partial charge in [-0.3, -0.25) is 4.79 Å². The van der Waals surface area contributed by atoms with Gasteiger partial charge < -0.3 is 11.5 Å². The molecule has 1 aromatic carbocycles. The van der Waals surface area contributed by atoms with E-state index in [0.29, 0.717) is 6.42 Å². The lowest BCUT2D eigenvalue weighted by Gasteiger charge is -2.09. The fraction of sp³-hybridized carbons (Fsp3) is 0.462. The van der Waals surface area contributed by atoms with Gasteiger partial charge in [0.05, 0.1) is 6.04 Å². The zero-order valence-electron chi connectivity index (χ0n) is 9.78. The summed E-state index contributed by atoms with van der Waals surface area (Å²) in [6.45, 7) is 2.15. The van der Waals surface area contributed by atoms with E-state index in [1.807, 2.05) is 6.07 Å². The third-order valence-electron chi connectivity index (χ3n) is 2.83. The molecule has 0 saturated carbocycles. The maximum atomic E-state index is 10.8. The van der Waals surface area contributed by atoms with E-state index in [0.717, 1.165) is 19.3 Å². The van der Waals surface area contributed by atoms with E-state index >= 15 is 0 Å². The Morgan fingerprint density at radius 3 is 2.50 bits per heavy atom. The molecule has 0 spiro atoms. The van der Waals surface area contributed by atoms with Crippen molar-refractivity contribution in [2.24, 2.45) is 11.5 Å². The quantitative estimate of drug-likeness (QED) is 0.760. The highest BCUT2D eigenvalue weighted by molar-refractivity contribution is 5.79. The number of hydrogen-bond donors (Lipinski definition) is 2. The third-order valence-corrected chi connectivity index (χ3v) is 2.83. The van der Waals surface area contributed by atoms with Crippen LogP contribution in [0, 0.1) is 0 Å². The van der Waals surface area contributed by atoms with Crippen molar-refractivity contribution in [3.63, 3.8) is 0 Å². The largest absolute Gasteiger partial charge is 0.368 e. The van der Waals surface area contributed by atoms with Gasteiger partial charge in [0.25, 0.3) is 0 Å². The van der Waals surface area contributed by atoms with Crippen molar-refractivity contribution in [3.8, 4) is 0 Å². The van der Waals surface area contributed by atoms with Crippen LogP contribution in [0.1, 0.15) is 30.9 Å². The number of aryl methyl sites for hydroxylation is 2. The van der Waals surface area contributed by atoms with Crippen LogP contribution in [0.25, 0.3) is 0 Å². The molecule has 1 amide bonds. The first-order valence-corrected chi connectivity index (χ1v) is 5.76. The average molecular weight is 220 g/mol. The molecule has 3 heteroatoms. The van der Waals surface area contributed by atoms with Crippen LogP contribution in [0.15, 0.2) is 24.3 Å². The summed E-state index contributed by atoms with van der Waals surface area (Å²) in [5.41, 5.74) is 13.4. The van der Waals surface area contributed by atoms with Gasteiger partial charge in [-0.1, -0.05) is 31.2 Å². The van der Waals surface area contributed by atoms with Crippen LogP contribution in [0.2, 0.25) is 0 Å². The Bertz CT molecular complexity index is 350. The van der Waals surface area contributed by atoms with Crippen molar-refractivity contribution < 1.29 is 4.79 Å². The van der Waals surface area contributed by atoms with Crippen LogP contribution in [-0.2, 0) is 17.6 Å². The molecule has 0 aromatic heterocycles. The molecule has 0 aliphatic carbocycles. The SMILES string of the molecule is CCc1ccccc1CCC[C@H](N)C(N)=O. The van der Waals surface area contributed by atoms with Crippen molar-refractivity contribution in [2.75, 3.05) is 0 Å². The minimum Gasteiger partial charge on any atom is -0.368 e. The van der Waals surface area contributed by atoms with Gasteiger partial charge in [0, 0.05) is 0 Å². The second kappa shape index (κ2) is 6.28. The van der Waals surface area contributed by atoms with E-state index in [2.05, 4.69) is 25.1 Å². The standard InChI is InChI=1S/C13H20N2O/c1-2-10-6-3-4-7-11(10)8-5-9-12(14)13(15)16/h3-4,6-7,12H,2,5,8-9,14H2,1H3,(H2,15,16)/t12-/m0/s1. The van der Waals surface area contributed by atoms with Gasteiger partial charge in [-0.05, 0) is 36.8 Å². The fourth-order valence-corrected chi connectivity index (χ4v) is 1.80. The number of nitrogens with two attached hydrogens (primary N) is 2. The Kier molecular flexibility index (Phi) is 4.99. The van der Waals surface area contributed by atoms with Crippen LogP contribution in [-0.4, -0.2) is 11.9 Å². The van der Waals surface area contributed by atoms with E-state index in [4.69, 9.17) is 11.5 Å². The van der Waals surface area contributed by atoms with Crippen molar-refractivity contribution >= 4 is 5.91 Å². The summed E-state index contributed by atoms with van der Waals surface area (Å²) < 4.78 is 0. The summed E-state index contributed by atoms with van der Waals surface area (Å²) in [6.07, 6.45) is 3.57. The monoisotopic (exact) mass is 220 g/mol. The minimum absolute atomic E-state index is 0.413. The molecule has 3 nitrogen and oxygen atoms in total. The molecule has 0 radical (unpaired) electrons. The summed E-state index contributed by atoms with van der Waals surface area (Å²) in [6, 6.07) is 7.87. The van der Waals surface area contributed by atoms with E-state index in [1.165, 1.54) is 11.1 Å². The van der Waals surface area contributed by atoms with Gasteiger partial charge >= 0.3 is 0 Å².